The molecule has 152 valence electrons. The number of carbonyl (C=O) groups excluding carboxylic acids is 1. The molecule has 0 saturated heterocycles. The van der Waals surface area contributed by atoms with Crippen LogP contribution in [-0.4, -0.2) is 31.5 Å². The average molecular weight is 475 g/mol. The second-order valence-corrected chi connectivity index (χ2v) is 8.68. The average Bonchev–Trinajstić information content (AvgIpc) is 3.11. The number of carbonyl (C=O) groups is 1. The first-order valence-electron chi connectivity index (χ1n) is 9.33. The first-order chi connectivity index (χ1) is 13.9. The van der Waals surface area contributed by atoms with Crippen LogP contribution in [-0.2, 0) is 11.3 Å². The second-order valence-electron chi connectivity index (χ2n) is 6.83. The molecule has 0 spiro atoms. The number of rotatable bonds is 7. The number of aromatic hydroxyl groups is 1. The van der Waals surface area contributed by atoms with E-state index in [9.17, 15) is 9.90 Å². The predicted octanol–water partition coefficient (Wildman–Crippen LogP) is 5.29. The molecule has 1 amide bonds. The number of thioether (sulfide) groups is 1. The minimum atomic E-state index is -0.107. The smallest absolute Gasteiger partial charge is 0.234 e. The summed E-state index contributed by atoms with van der Waals surface area (Å²) < 4.78 is 2.73. The van der Waals surface area contributed by atoms with Crippen molar-refractivity contribution in [2.45, 2.75) is 38.4 Å². The zero-order valence-corrected chi connectivity index (χ0v) is 18.9. The van der Waals surface area contributed by atoms with Crippen molar-refractivity contribution in [1.29, 1.82) is 0 Å². The van der Waals surface area contributed by atoms with Crippen LogP contribution < -0.4 is 5.32 Å². The number of halogens is 1. The summed E-state index contributed by atoms with van der Waals surface area (Å²) in [7, 11) is 0. The molecule has 8 heteroatoms. The standard InChI is InChI=1S/C21H23BrN4O2S/c1-4-26-20(17-11-15(22)7-10-18(17)27)24-25-21(26)29-12-19(28)23-16-8-5-14(6-9-16)13(2)3/h5-11,13,27H,4,12H2,1-3H3,(H,23,28). The Hall–Kier alpha value is -2.32. The van der Waals surface area contributed by atoms with E-state index >= 15 is 0 Å². The number of phenols is 1. The maximum atomic E-state index is 12.3. The Balaban J connectivity index is 1.68. The Morgan fingerprint density at radius 3 is 2.59 bits per heavy atom. The van der Waals surface area contributed by atoms with Gasteiger partial charge in [0.05, 0.1) is 11.3 Å². The maximum Gasteiger partial charge on any atom is 0.234 e. The number of benzene rings is 2. The van der Waals surface area contributed by atoms with Gasteiger partial charge >= 0.3 is 0 Å². The Bertz CT molecular complexity index is 1000. The summed E-state index contributed by atoms with van der Waals surface area (Å²) in [5.41, 5.74) is 2.60. The van der Waals surface area contributed by atoms with Crippen LogP contribution in [0.3, 0.4) is 0 Å². The molecule has 0 bridgehead atoms. The lowest BCUT2D eigenvalue weighted by Gasteiger charge is -2.10. The summed E-state index contributed by atoms with van der Waals surface area (Å²) in [6.07, 6.45) is 0. The van der Waals surface area contributed by atoms with E-state index in [0.29, 0.717) is 29.0 Å². The molecule has 2 N–H and O–H groups in total. The monoisotopic (exact) mass is 474 g/mol. The van der Waals surface area contributed by atoms with Crippen LogP contribution in [0.25, 0.3) is 11.4 Å². The maximum absolute atomic E-state index is 12.3. The van der Waals surface area contributed by atoms with E-state index in [1.165, 1.54) is 17.3 Å². The van der Waals surface area contributed by atoms with Gasteiger partial charge in [0.1, 0.15) is 5.75 Å². The fourth-order valence-electron chi connectivity index (χ4n) is 2.85. The fourth-order valence-corrected chi connectivity index (χ4v) is 4.01. The molecule has 0 unspecified atom stereocenters. The number of nitrogens with zero attached hydrogens (tertiary/aromatic N) is 3. The fraction of sp³-hybridized carbons (Fsp3) is 0.286. The Morgan fingerprint density at radius 2 is 1.93 bits per heavy atom. The van der Waals surface area contributed by atoms with Gasteiger partial charge in [-0.1, -0.05) is 53.7 Å². The lowest BCUT2D eigenvalue weighted by atomic mass is 10.0. The van der Waals surface area contributed by atoms with Crippen LogP contribution in [0.4, 0.5) is 5.69 Å². The first kappa shape index (κ1) is 21.4. The molecule has 0 fully saturated rings. The normalized spacial score (nSPS) is 11.1. The number of phenolic OH excluding ortho intramolecular Hbond substituents is 1. The topological polar surface area (TPSA) is 80.0 Å². The van der Waals surface area contributed by atoms with Crippen LogP contribution in [0.1, 0.15) is 32.3 Å². The highest BCUT2D eigenvalue weighted by atomic mass is 79.9. The van der Waals surface area contributed by atoms with Gasteiger partial charge in [0, 0.05) is 16.7 Å². The summed E-state index contributed by atoms with van der Waals surface area (Å²) >= 11 is 4.73. The second kappa shape index (κ2) is 9.45. The molecule has 2 aromatic carbocycles. The van der Waals surface area contributed by atoms with E-state index in [2.05, 4.69) is 45.3 Å². The van der Waals surface area contributed by atoms with Gasteiger partial charge in [-0.25, -0.2) is 0 Å². The predicted molar refractivity (Wildman–Crippen MR) is 120 cm³/mol. The summed E-state index contributed by atoms with van der Waals surface area (Å²) in [5.74, 6) is 1.27. The summed E-state index contributed by atoms with van der Waals surface area (Å²) in [5, 5.41) is 22.2. The third-order valence-electron chi connectivity index (χ3n) is 4.43. The summed E-state index contributed by atoms with van der Waals surface area (Å²) in [6.45, 7) is 6.86. The van der Waals surface area contributed by atoms with Gasteiger partial charge in [-0.15, -0.1) is 10.2 Å². The lowest BCUT2D eigenvalue weighted by Crippen LogP contribution is -2.14. The van der Waals surface area contributed by atoms with Gasteiger partial charge in [-0.2, -0.15) is 0 Å². The molecule has 6 nitrogen and oxygen atoms in total. The molecule has 0 aliphatic carbocycles. The van der Waals surface area contributed by atoms with Crippen molar-refractivity contribution in [3.63, 3.8) is 0 Å². The van der Waals surface area contributed by atoms with Gasteiger partial charge < -0.3 is 15.0 Å². The molecular formula is C21H23BrN4O2S. The van der Waals surface area contributed by atoms with Crippen LogP contribution in [0.2, 0.25) is 0 Å². The molecule has 0 saturated carbocycles. The molecule has 0 aliphatic heterocycles. The van der Waals surface area contributed by atoms with Gasteiger partial charge in [0.2, 0.25) is 5.91 Å². The van der Waals surface area contributed by atoms with Crippen LogP contribution in [0.5, 0.6) is 5.75 Å². The molecule has 1 heterocycles. The molecule has 3 rings (SSSR count). The number of anilines is 1. The zero-order valence-electron chi connectivity index (χ0n) is 16.5. The van der Waals surface area contributed by atoms with E-state index in [-0.39, 0.29) is 17.4 Å². The van der Waals surface area contributed by atoms with Crippen molar-refractivity contribution >= 4 is 39.3 Å². The molecule has 0 atom stereocenters. The SMILES string of the molecule is CCn1c(SCC(=O)Nc2ccc(C(C)C)cc2)nnc1-c1cc(Br)ccc1O. The third-order valence-corrected chi connectivity index (χ3v) is 5.89. The van der Waals surface area contributed by atoms with E-state index in [0.717, 1.165) is 10.2 Å². The van der Waals surface area contributed by atoms with E-state index < -0.39 is 0 Å². The molecule has 1 aromatic heterocycles. The molecule has 3 aromatic rings. The molecular weight excluding hydrogens is 452 g/mol. The van der Waals surface area contributed by atoms with E-state index in [1.54, 1.807) is 18.2 Å². The van der Waals surface area contributed by atoms with Crippen molar-refractivity contribution in [1.82, 2.24) is 14.8 Å². The Kier molecular flexibility index (Phi) is 6.97. The van der Waals surface area contributed by atoms with Gasteiger partial charge in [0.25, 0.3) is 0 Å². The minimum Gasteiger partial charge on any atom is -0.507 e. The highest BCUT2D eigenvalue weighted by Crippen LogP contribution is 2.32. The van der Waals surface area contributed by atoms with Crippen LogP contribution in [0.15, 0.2) is 52.1 Å². The largest absolute Gasteiger partial charge is 0.507 e. The number of amides is 1. The zero-order chi connectivity index (χ0) is 21.0. The third kappa shape index (κ3) is 5.19. The van der Waals surface area contributed by atoms with Crippen molar-refractivity contribution < 1.29 is 9.90 Å². The van der Waals surface area contributed by atoms with Crippen LogP contribution >= 0.6 is 27.7 Å². The number of nitrogens with one attached hydrogen (secondary N) is 1. The Labute approximate surface area is 182 Å². The molecule has 0 radical (unpaired) electrons. The molecule has 29 heavy (non-hydrogen) atoms. The van der Waals surface area contributed by atoms with Crippen molar-refractivity contribution in [3.8, 4) is 17.1 Å². The Morgan fingerprint density at radius 1 is 1.21 bits per heavy atom. The van der Waals surface area contributed by atoms with Crippen molar-refractivity contribution in [2.24, 2.45) is 0 Å². The quantitative estimate of drug-likeness (QED) is 0.454. The van der Waals surface area contributed by atoms with E-state index in [4.69, 9.17) is 0 Å². The van der Waals surface area contributed by atoms with Gasteiger partial charge in [-0.3, -0.25) is 4.79 Å². The van der Waals surface area contributed by atoms with Gasteiger partial charge in [-0.05, 0) is 48.7 Å². The molecule has 0 aliphatic rings. The van der Waals surface area contributed by atoms with Crippen LogP contribution in [0, 0.1) is 0 Å². The lowest BCUT2D eigenvalue weighted by molar-refractivity contribution is -0.113. The van der Waals surface area contributed by atoms with Gasteiger partial charge in [0.15, 0.2) is 11.0 Å². The first-order valence-corrected chi connectivity index (χ1v) is 11.1. The minimum absolute atomic E-state index is 0.107. The summed E-state index contributed by atoms with van der Waals surface area (Å²) in [4.78, 5) is 12.3. The summed E-state index contributed by atoms with van der Waals surface area (Å²) in [6, 6.07) is 13.1. The van der Waals surface area contributed by atoms with Crippen molar-refractivity contribution in [2.75, 3.05) is 11.1 Å². The number of hydrogen-bond donors (Lipinski definition) is 2. The van der Waals surface area contributed by atoms with Crippen molar-refractivity contribution in [3.05, 3.63) is 52.5 Å². The highest BCUT2D eigenvalue weighted by Gasteiger charge is 2.17. The number of hydrogen-bond acceptors (Lipinski definition) is 5. The highest BCUT2D eigenvalue weighted by molar-refractivity contribution is 9.10. The van der Waals surface area contributed by atoms with E-state index in [1.807, 2.05) is 35.8 Å². The number of aromatic nitrogens is 3.